The largest absolute Gasteiger partial charge is 0.333 e. The second kappa shape index (κ2) is 5.28. The number of imidazole rings is 1. The summed E-state index contributed by atoms with van der Waals surface area (Å²) in [6, 6.07) is 4.59. The maximum absolute atomic E-state index is 13.1. The molecule has 4 heteroatoms. The molecular weight excluding hydrogens is 217 g/mol. The lowest BCUT2D eigenvalue weighted by atomic mass is 10.1. The van der Waals surface area contributed by atoms with Crippen LogP contribution in [0.1, 0.15) is 11.1 Å². The molecular formula is C13H12FN3. The van der Waals surface area contributed by atoms with Crippen molar-refractivity contribution in [2.75, 3.05) is 6.54 Å². The summed E-state index contributed by atoms with van der Waals surface area (Å²) in [5.41, 5.74) is 6.94. The van der Waals surface area contributed by atoms with Crippen LogP contribution >= 0.6 is 0 Å². The summed E-state index contributed by atoms with van der Waals surface area (Å²) in [5.74, 6) is 5.32. The van der Waals surface area contributed by atoms with E-state index in [0.717, 1.165) is 5.56 Å². The Morgan fingerprint density at radius 2 is 2.29 bits per heavy atom. The van der Waals surface area contributed by atoms with Crippen molar-refractivity contribution >= 4 is 0 Å². The van der Waals surface area contributed by atoms with Gasteiger partial charge in [0.25, 0.3) is 0 Å². The molecule has 0 radical (unpaired) electrons. The summed E-state index contributed by atoms with van der Waals surface area (Å²) in [4.78, 5) is 3.96. The molecule has 0 saturated heterocycles. The predicted octanol–water partition coefficient (Wildman–Crippen LogP) is 1.38. The van der Waals surface area contributed by atoms with Gasteiger partial charge in [0.2, 0.25) is 0 Å². The Balaban J connectivity index is 2.32. The quantitative estimate of drug-likeness (QED) is 0.791. The maximum Gasteiger partial charge on any atom is 0.124 e. The monoisotopic (exact) mass is 229 g/mol. The molecule has 0 bridgehead atoms. The fraction of sp³-hybridized carbons (Fsp3) is 0.154. The molecule has 0 atom stereocenters. The Bertz CT molecular complexity index is 550. The molecule has 0 amide bonds. The highest BCUT2D eigenvalue weighted by Crippen LogP contribution is 2.12. The number of nitrogens with zero attached hydrogens (tertiary/aromatic N) is 2. The second-order valence-electron chi connectivity index (χ2n) is 3.54. The van der Waals surface area contributed by atoms with Crippen molar-refractivity contribution in [1.29, 1.82) is 0 Å². The van der Waals surface area contributed by atoms with Crippen LogP contribution in [-0.2, 0) is 6.54 Å². The van der Waals surface area contributed by atoms with Gasteiger partial charge in [-0.3, -0.25) is 0 Å². The third-order valence-corrected chi connectivity index (χ3v) is 2.31. The first-order valence-electron chi connectivity index (χ1n) is 5.22. The molecule has 2 N–H and O–H groups in total. The number of rotatable bonds is 2. The Labute approximate surface area is 99.1 Å². The van der Waals surface area contributed by atoms with Gasteiger partial charge in [-0.15, -0.1) is 0 Å². The van der Waals surface area contributed by atoms with Crippen molar-refractivity contribution in [3.8, 4) is 11.8 Å². The van der Waals surface area contributed by atoms with Gasteiger partial charge in [-0.2, -0.15) is 0 Å². The van der Waals surface area contributed by atoms with E-state index >= 15 is 0 Å². The number of halogens is 1. The molecule has 1 aromatic carbocycles. The smallest absolute Gasteiger partial charge is 0.124 e. The molecule has 0 aliphatic carbocycles. The first-order chi connectivity index (χ1) is 8.29. The van der Waals surface area contributed by atoms with Gasteiger partial charge in [-0.05, 0) is 17.7 Å². The summed E-state index contributed by atoms with van der Waals surface area (Å²) in [5, 5.41) is 0. The fourth-order valence-corrected chi connectivity index (χ4v) is 1.53. The minimum Gasteiger partial charge on any atom is -0.333 e. The molecule has 1 heterocycles. The van der Waals surface area contributed by atoms with Crippen molar-refractivity contribution in [2.45, 2.75) is 6.54 Å². The maximum atomic E-state index is 13.1. The minimum absolute atomic E-state index is 0.265. The van der Waals surface area contributed by atoms with E-state index in [2.05, 4.69) is 16.8 Å². The zero-order chi connectivity index (χ0) is 12.1. The van der Waals surface area contributed by atoms with Crippen LogP contribution in [0, 0.1) is 17.7 Å². The third kappa shape index (κ3) is 2.92. The summed E-state index contributed by atoms with van der Waals surface area (Å²) >= 11 is 0. The van der Waals surface area contributed by atoms with E-state index in [0.29, 0.717) is 12.1 Å². The molecule has 86 valence electrons. The van der Waals surface area contributed by atoms with Gasteiger partial charge in [0.15, 0.2) is 0 Å². The van der Waals surface area contributed by atoms with Crippen LogP contribution in [0.5, 0.6) is 0 Å². The summed E-state index contributed by atoms with van der Waals surface area (Å²) in [6.07, 6.45) is 5.27. The number of hydrogen-bond acceptors (Lipinski definition) is 2. The highest BCUT2D eigenvalue weighted by molar-refractivity contribution is 5.42. The fourth-order valence-electron chi connectivity index (χ4n) is 1.53. The predicted molar refractivity (Wildman–Crippen MR) is 63.7 cm³/mol. The highest BCUT2D eigenvalue weighted by Gasteiger charge is 2.02. The van der Waals surface area contributed by atoms with Gasteiger partial charge in [0.05, 0.1) is 12.9 Å². The lowest BCUT2D eigenvalue weighted by molar-refractivity contribution is 0.625. The number of nitrogens with two attached hydrogens (primary N) is 1. The van der Waals surface area contributed by atoms with Gasteiger partial charge in [-0.1, -0.05) is 17.9 Å². The lowest BCUT2D eigenvalue weighted by Gasteiger charge is -2.05. The molecule has 0 aliphatic heterocycles. The summed E-state index contributed by atoms with van der Waals surface area (Å²) < 4.78 is 15.0. The zero-order valence-corrected chi connectivity index (χ0v) is 9.23. The third-order valence-electron chi connectivity index (χ3n) is 2.31. The zero-order valence-electron chi connectivity index (χ0n) is 9.23. The van der Waals surface area contributed by atoms with Crippen LogP contribution < -0.4 is 5.73 Å². The molecule has 0 saturated carbocycles. The molecule has 0 unspecified atom stereocenters. The number of hydrogen-bond donors (Lipinski definition) is 1. The molecule has 0 spiro atoms. The molecule has 2 aromatic rings. The van der Waals surface area contributed by atoms with Crippen LogP contribution in [-0.4, -0.2) is 16.1 Å². The average molecular weight is 229 g/mol. The lowest BCUT2D eigenvalue weighted by Crippen LogP contribution is -2.00. The molecule has 0 aliphatic rings. The van der Waals surface area contributed by atoms with Crippen LogP contribution in [0.4, 0.5) is 4.39 Å². The van der Waals surface area contributed by atoms with E-state index in [4.69, 9.17) is 5.73 Å². The average Bonchev–Trinajstić information content (AvgIpc) is 2.82. The van der Waals surface area contributed by atoms with Crippen molar-refractivity contribution < 1.29 is 4.39 Å². The molecule has 3 nitrogen and oxygen atoms in total. The number of aromatic nitrogens is 2. The van der Waals surface area contributed by atoms with E-state index in [-0.39, 0.29) is 12.4 Å². The Morgan fingerprint density at radius 1 is 1.41 bits per heavy atom. The molecule has 0 fully saturated rings. The molecule has 17 heavy (non-hydrogen) atoms. The summed E-state index contributed by atoms with van der Waals surface area (Å²) in [7, 11) is 0. The van der Waals surface area contributed by atoms with E-state index in [1.54, 1.807) is 18.6 Å². The standard InChI is InChI=1S/C13H12FN3/c14-13-4-3-12(9-17-7-6-16-10-17)11(8-13)2-1-5-15/h3-4,6-8,10H,5,9,15H2. The normalized spacial score (nSPS) is 9.76. The van der Waals surface area contributed by atoms with Crippen molar-refractivity contribution in [1.82, 2.24) is 9.55 Å². The van der Waals surface area contributed by atoms with Crippen molar-refractivity contribution in [3.05, 3.63) is 53.9 Å². The van der Waals surface area contributed by atoms with Crippen molar-refractivity contribution in [2.24, 2.45) is 5.73 Å². The number of benzene rings is 1. The highest BCUT2D eigenvalue weighted by atomic mass is 19.1. The van der Waals surface area contributed by atoms with Gasteiger partial charge in [-0.25, -0.2) is 9.37 Å². The van der Waals surface area contributed by atoms with E-state index in [1.165, 1.54) is 12.1 Å². The summed E-state index contributed by atoms with van der Waals surface area (Å²) in [6.45, 7) is 0.885. The van der Waals surface area contributed by atoms with Crippen molar-refractivity contribution in [3.63, 3.8) is 0 Å². The van der Waals surface area contributed by atoms with Crippen LogP contribution in [0.25, 0.3) is 0 Å². The first kappa shape index (κ1) is 11.4. The second-order valence-corrected chi connectivity index (χ2v) is 3.54. The topological polar surface area (TPSA) is 43.8 Å². The van der Waals surface area contributed by atoms with Gasteiger partial charge >= 0.3 is 0 Å². The molecule has 1 aromatic heterocycles. The van der Waals surface area contributed by atoms with Gasteiger partial charge in [0, 0.05) is 24.5 Å². The van der Waals surface area contributed by atoms with Crippen LogP contribution in [0.15, 0.2) is 36.9 Å². The van der Waals surface area contributed by atoms with Crippen LogP contribution in [0.2, 0.25) is 0 Å². The Kier molecular flexibility index (Phi) is 3.53. The Morgan fingerprint density at radius 3 is 3.00 bits per heavy atom. The van der Waals surface area contributed by atoms with E-state index in [1.807, 2.05) is 10.8 Å². The van der Waals surface area contributed by atoms with Crippen LogP contribution in [0.3, 0.4) is 0 Å². The molecule has 2 rings (SSSR count). The van der Waals surface area contributed by atoms with Gasteiger partial charge < -0.3 is 10.3 Å². The first-order valence-corrected chi connectivity index (χ1v) is 5.22. The minimum atomic E-state index is -0.291. The van der Waals surface area contributed by atoms with E-state index in [9.17, 15) is 4.39 Å². The van der Waals surface area contributed by atoms with E-state index < -0.39 is 0 Å². The Hall–Kier alpha value is -2.12. The SMILES string of the molecule is NCC#Cc1cc(F)ccc1Cn1ccnc1. The van der Waals surface area contributed by atoms with Gasteiger partial charge in [0.1, 0.15) is 5.82 Å².